The van der Waals surface area contributed by atoms with E-state index >= 15 is 0 Å². The van der Waals surface area contributed by atoms with Gasteiger partial charge in [0.15, 0.2) is 5.71 Å². The average molecular weight is 246 g/mol. The molecule has 1 aromatic carbocycles. The highest BCUT2D eigenvalue weighted by molar-refractivity contribution is 5.90. The molecule has 0 saturated carbocycles. The molecule has 1 atom stereocenters. The van der Waals surface area contributed by atoms with Crippen molar-refractivity contribution in [3.63, 3.8) is 0 Å². The summed E-state index contributed by atoms with van der Waals surface area (Å²) in [7, 11) is 3.94. The molecule has 2 nitrogen and oxygen atoms in total. The number of ether oxygens (including phenoxy) is 1. The summed E-state index contributed by atoms with van der Waals surface area (Å²) in [4.78, 5) is 0. The average Bonchev–Trinajstić information content (AvgIpc) is 2.69. The van der Waals surface area contributed by atoms with Crippen molar-refractivity contribution in [2.24, 2.45) is 0 Å². The van der Waals surface area contributed by atoms with Crippen LogP contribution in [0.5, 0.6) is 5.75 Å². The summed E-state index contributed by atoms with van der Waals surface area (Å²) in [5.41, 5.74) is 3.13. The molecule has 0 fully saturated rings. The fourth-order valence-electron chi connectivity index (χ4n) is 3.22. The van der Waals surface area contributed by atoms with Crippen molar-refractivity contribution in [3.05, 3.63) is 29.8 Å². The quantitative estimate of drug-likeness (QED) is 0.743. The van der Waals surface area contributed by atoms with Gasteiger partial charge in [0.1, 0.15) is 19.3 Å². The number of nitrogens with zero attached hydrogens (tertiary/aromatic N) is 1. The molecule has 1 aromatic rings. The lowest BCUT2D eigenvalue weighted by atomic mass is 9.72. The molecule has 0 N–H and O–H groups in total. The van der Waals surface area contributed by atoms with Gasteiger partial charge < -0.3 is 4.74 Å². The molecule has 1 unspecified atom stereocenters. The lowest BCUT2D eigenvalue weighted by Gasteiger charge is -2.26. The number of hydrogen-bond donors (Lipinski definition) is 0. The Morgan fingerprint density at radius 1 is 1.39 bits per heavy atom. The monoisotopic (exact) mass is 246 g/mol. The van der Waals surface area contributed by atoms with Gasteiger partial charge in [-0.3, -0.25) is 0 Å². The summed E-state index contributed by atoms with van der Waals surface area (Å²) < 4.78 is 7.77. The minimum Gasteiger partial charge on any atom is -0.497 e. The molecule has 0 aliphatic carbocycles. The van der Waals surface area contributed by atoms with Crippen LogP contribution in [-0.2, 0) is 5.41 Å². The van der Waals surface area contributed by atoms with Crippen LogP contribution in [0.4, 0.5) is 0 Å². The Labute approximate surface area is 110 Å². The maximum absolute atomic E-state index is 5.38. The highest BCUT2D eigenvalue weighted by Gasteiger charge is 2.44. The van der Waals surface area contributed by atoms with Crippen LogP contribution in [0.1, 0.15) is 38.7 Å². The summed E-state index contributed by atoms with van der Waals surface area (Å²) in [5, 5.41) is 0. The largest absolute Gasteiger partial charge is 0.497 e. The summed E-state index contributed by atoms with van der Waals surface area (Å²) in [5.74, 6) is 0.963. The van der Waals surface area contributed by atoms with Crippen LogP contribution >= 0.6 is 0 Å². The van der Waals surface area contributed by atoms with E-state index in [4.69, 9.17) is 4.74 Å². The molecule has 0 bridgehead atoms. The van der Waals surface area contributed by atoms with E-state index in [0.29, 0.717) is 0 Å². The van der Waals surface area contributed by atoms with Crippen molar-refractivity contribution in [2.45, 2.75) is 38.5 Å². The van der Waals surface area contributed by atoms with Gasteiger partial charge in [-0.15, -0.1) is 0 Å². The van der Waals surface area contributed by atoms with E-state index < -0.39 is 0 Å². The number of hydrogen-bond acceptors (Lipinski definition) is 1. The fraction of sp³-hybridized carbons (Fsp3) is 0.562. The Morgan fingerprint density at radius 3 is 2.72 bits per heavy atom. The van der Waals surface area contributed by atoms with Gasteiger partial charge in [0.25, 0.3) is 0 Å². The first-order chi connectivity index (χ1) is 8.64. The number of methoxy groups -OCH3 is 1. The smallest absolute Gasteiger partial charge is 0.159 e. The second kappa shape index (κ2) is 5.13. The van der Waals surface area contributed by atoms with Crippen molar-refractivity contribution < 1.29 is 9.31 Å². The Balaban J connectivity index is 2.48. The van der Waals surface area contributed by atoms with Crippen LogP contribution in [0.25, 0.3) is 0 Å². The molecule has 1 aliphatic heterocycles. The van der Waals surface area contributed by atoms with Crippen LogP contribution in [0.15, 0.2) is 24.3 Å². The molecule has 0 saturated heterocycles. The Hall–Kier alpha value is -1.31. The topological polar surface area (TPSA) is 12.2 Å². The fourth-order valence-corrected chi connectivity index (χ4v) is 3.22. The summed E-state index contributed by atoms with van der Waals surface area (Å²) >= 11 is 0. The zero-order valence-electron chi connectivity index (χ0n) is 12.0. The summed E-state index contributed by atoms with van der Waals surface area (Å²) in [6, 6.07) is 8.59. The van der Waals surface area contributed by atoms with E-state index in [2.05, 4.69) is 43.7 Å². The molecule has 0 amide bonds. The lowest BCUT2D eigenvalue weighted by Crippen LogP contribution is -2.32. The zero-order chi connectivity index (χ0) is 13.2. The number of benzene rings is 1. The Kier molecular flexibility index (Phi) is 3.74. The van der Waals surface area contributed by atoms with E-state index in [9.17, 15) is 0 Å². The zero-order valence-corrected chi connectivity index (χ0v) is 12.0. The minimum absolute atomic E-state index is 0.220. The van der Waals surface area contributed by atoms with Gasteiger partial charge in [-0.1, -0.05) is 25.5 Å². The van der Waals surface area contributed by atoms with Gasteiger partial charge in [0, 0.05) is 13.3 Å². The highest BCUT2D eigenvalue weighted by Crippen LogP contribution is 2.39. The van der Waals surface area contributed by atoms with Gasteiger partial charge in [0.05, 0.1) is 12.5 Å². The molecule has 98 valence electrons. The van der Waals surface area contributed by atoms with Crippen molar-refractivity contribution in [1.82, 2.24) is 0 Å². The third-order valence-electron chi connectivity index (χ3n) is 4.44. The Bertz CT molecular complexity index is 464. The molecular formula is C16H24NO+. The van der Waals surface area contributed by atoms with Gasteiger partial charge in [0.2, 0.25) is 0 Å². The minimum atomic E-state index is 0.220. The summed E-state index contributed by atoms with van der Waals surface area (Å²) in [6.07, 6.45) is 3.65. The van der Waals surface area contributed by atoms with Crippen LogP contribution in [0.3, 0.4) is 0 Å². The van der Waals surface area contributed by atoms with Crippen molar-refractivity contribution in [2.75, 3.05) is 20.7 Å². The molecular weight excluding hydrogens is 222 g/mol. The van der Waals surface area contributed by atoms with Crippen LogP contribution < -0.4 is 4.74 Å². The van der Waals surface area contributed by atoms with E-state index in [0.717, 1.165) is 12.3 Å². The molecule has 0 aromatic heterocycles. The molecule has 1 aliphatic rings. The molecule has 18 heavy (non-hydrogen) atoms. The van der Waals surface area contributed by atoms with Crippen molar-refractivity contribution in [3.8, 4) is 5.75 Å². The second-order valence-corrected chi connectivity index (χ2v) is 5.32. The van der Waals surface area contributed by atoms with Crippen molar-refractivity contribution >= 4 is 5.71 Å². The standard InChI is InChI=1S/C16H24NO/c1-5-9-16(10-11-17(3)13(16)2)14-7-6-8-15(12-14)18-4/h6-8,12H,5,9-11H2,1-4H3/q+1. The third kappa shape index (κ3) is 2.05. The maximum Gasteiger partial charge on any atom is 0.159 e. The highest BCUT2D eigenvalue weighted by atomic mass is 16.5. The van der Waals surface area contributed by atoms with E-state index in [1.54, 1.807) is 7.11 Å². The van der Waals surface area contributed by atoms with Crippen LogP contribution in [-0.4, -0.2) is 31.0 Å². The molecule has 0 radical (unpaired) electrons. The predicted octanol–water partition coefficient (Wildman–Crippen LogP) is 3.24. The Morgan fingerprint density at radius 2 is 2.17 bits per heavy atom. The van der Waals surface area contributed by atoms with Gasteiger partial charge in [-0.2, -0.15) is 0 Å². The molecule has 2 heteroatoms. The summed E-state index contributed by atoms with van der Waals surface area (Å²) in [6.45, 7) is 5.71. The molecule has 2 rings (SSSR count). The van der Waals surface area contributed by atoms with Gasteiger partial charge >= 0.3 is 0 Å². The van der Waals surface area contributed by atoms with E-state index in [-0.39, 0.29) is 5.41 Å². The SMILES string of the molecule is CCCC1(c2cccc(OC)c2)CC[N+](C)=C1C. The van der Waals surface area contributed by atoms with Crippen LogP contribution in [0.2, 0.25) is 0 Å². The first kappa shape index (κ1) is 13.1. The van der Waals surface area contributed by atoms with Crippen LogP contribution in [0, 0.1) is 0 Å². The lowest BCUT2D eigenvalue weighted by molar-refractivity contribution is -0.489. The maximum atomic E-state index is 5.38. The third-order valence-corrected chi connectivity index (χ3v) is 4.44. The van der Waals surface area contributed by atoms with Gasteiger partial charge in [-0.25, -0.2) is 4.58 Å². The molecule has 0 spiro atoms. The van der Waals surface area contributed by atoms with Gasteiger partial charge in [-0.05, 0) is 24.1 Å². The first-order valence-electron chi connectivity index (χ1n) is 6.84. The number of rotatable bonds is 4. The van der Waals surface area contributed by atoms with Crippen molar-refractivity contribution in [1.29, 1.82) is 0 Å². The second-order valence-electron chi connectivity index (χ2n) is 5.32. The predicted molar refractivity (Wildman–Crippen MR) is 75.9 cm³/mol. The van der Waals surface area contributed by atoms with E-state index in [1.807, 2.05) is 6.07 Å². The molecule has 1 heterocycles. The first-order valence-corrected chi connectivity index (χ1v) is 6.84. The normalized spacial score (nSPS) is 23.6. The van der Waals surface area contributed by atoms with E-state index in [1.165, 1.54) is 30.5 Å².